The second-order valence-corrected chi connectivity index (χ2v) is 4.13. The Bertz CT molecular complexity index is 392. The molecule has 0 aliphatic carbocycles. The lowest BCUT2D eigenvalue weighted by Gasteiger charge is -2.19. The van der Waals surface area contributed by atoms with Crippen molar-refractivity contribution in [3.8, 4) is 0 Å². The molecule has 0 spiro atoms. The standard InChI is InChI=1S/C12H20N4O/c1-4-5-14-11(17)8-16(3)12-10(13)6-9(2)7-15-12/h6-7H,4-5,8,13H2,1-3H3,(H,14,17). The fourth-order valence-corrected chi connectivity index (χ4v) is 1.51. The number of aromatic nitrogens is 1. The normalized spacial score (nSPS) is 10.1. The van der Waals surface area contributed by atoms with E-state index >= 15 is 0 Å². The molecular formula is C12H20N4O. The molecule has 1 amide bonds. The first-order chi connectivity index (χ1) is 8.04. The minimum absolute atomic E-state index is 0.0175. The highest BCUT2D eigenvalue weighted by Gasteiger charge is 2.10. The topological polar surface area (TPSA) is 71.2 Å². The third-order valence-electron chi connectivity index (χ3n) is 2.35. The van der Waals surface area contributed by atoms with Crippen LogP contribution in [-0.4, -0.2) is 31.0 Å². The Labute approximate surface area is 102 Å². The first-order valence-electron chi connectivity index (χ1n) is 5.74. The predicted molar refractivity (Wildman–Crippen MR) is 70.0 cm³/mol. The molecule has 0 unspecified atom stereocenters. The minimum Gasteiger partial charge on any atom is -0.396 e. The van der Waals surface area contributed by atoms with Crippen LogP contribution in [0.4, 0.5) is 11.5 Å². The molecule has 1 rings (SSSR count). The Morgan fingerprint density at radius 3 is 2.88 bits per heavy atom. The largest absolute Gasteiger partial charge is 0.396 e. The number of hydrogen-bond acceptors (Lipinski definition) is 4. The maximum atomic E-state index is 11.5. The van der Waals surface area contributed by atoms with Gasteiger partial charge in [-0.3, -0.25) is 4.79 Å². The summed E-state index contributed by atoms with van der Waals surface area (Å²) in [6.07, 6.45) is 2.67. The Morgan fingerprint density at radius 2 is 2.29 bits per heavy atom. The van der Waals surface area contributed by atoms with Crippen LogP contribution in [0.15, 0.2) is 12.3 Å². The number of anilines is 2. The molecule has 5 heteroatoms. The molecule has 0 radical (unpaired) electrons. The van der Waals surface area contributed by atoms with Gasteiger partial charge in [-0.05, 0) is 25.0 Å². The molecule has 1 heterocycles. The fourth-order valence-electron chi connectivity index (χ4n) is 1.51. The van der Waals surface area contributed by atoms with E-state index < -0.39 is 0 Å². The molecule has 0 saturated carbocycles. The molecule has 0 fully saturated rings. The number of nitrogens with two attached hydrogens (primary N) is 1. The second-order valence-electron chi connectivity index (χ2n) is 4.13. The van der Waals surface area contributed by atoms with Gasteiger partial charge >= 0.3 is 0 Å². The van der Waals surface area contributed by atoms with Crippen LogP contribution in [-0.2, 0) is 4.79 Å². The van der Waals surface area contributed by atoms with Gasteiger partial charge in [0.1, 0.15) is 0 Å². The summed E-state index contributed by atoms with van der Waals surface area (Å²) in [6.45, 7) is 4.91. The van der Waals surface area contributed by atoms with Crippen molar-refractivity contribution in [3.05, 3.63) is 17.8 Å². The molecule has 0 aromatic carbocycles. The summed E-state index contributed by atoms with van der Waals surface area (Å²) in [7, 11) is 1.81. The second kappa shape index (κ2) is 6.08. The van der Waals surface area contributed by atoms with Crippen LogP contribution in [0.2, 0.25) is 0 Å². The molecule has 94 valence electrons. The first-order valence-corrected chi connectivity index (χ1v) is 5.74. The molecule has 17 heavy (non-hydrogen) atoms. The maximum absolute atomic E-state index is 11.5. The summed E-state index contributed by atoms with van der Waals surface area (Å²) in [5.74, 6) is 0.623. The molecule has 1 aromatic rings. The molecule has 0 bridgehead atoms. The smallest absolute Gasteiger partial charge is 0.239 e. The molecule has 5 nitrogen and oxygen atoms in total. The number of nitrogens with one attached hydrogen (secondary N) is 1. The summed E-state index contributed by atoms with van der Waals surface area (Å²) in [5, 5.41) is 2.81. The van der Waals surface area contributed by atoms with E-state index in [1.165, 1.54) is 0 Å². The van der Waals surface area contributed by atoms with E-state index in [9.17, 15) is 4.79 Å². The van der Waals surface area contributed by atoms with E-state index in [1.807, 2.05) is 19.9 Å². The Kier molecular flexibility index (Phi) is 4.75. The van der Waals surface area contributed by atoms with Gasteiger partial charge in [-0.1, -0.05) is 6.92 Å². The van der Waals surface area contributed by atoms with Gasteiger partial charge in [0.05, 0.1) is 12.2 Å². The van der Waals surface area contributed by atoms with Gasteiger partial charge in [0.25, 0.3) is 0 Å². The summed E-state index contributed by atoms with van der Waals surface area (Å²) in [5.41, 5.74) is 7.46. The molecule has 1 aromatic heterocycles. The maximum Gasteiger partial charge on any atom is 0.239 e. The fraction of sp³-hybridized carbons (Fsp3) is 0.500. The zero-order valence-corrected chi connectivity index (χ0v) is 10.7. The summed E-state index contributed by atoms with van der Waals surface area (Å²) in [6, 6.07) is 1.85. The summed E-state index contributed by atoms with van der Waals surface area (Å²) in [4.78, 5) is 17.5. The number of pyridine rings is 1. The van der Waals surface area contributed by atoms with Crippen molar-refractivity contribution >= 4 is 17.4 Å². The van der Waals surface area contributed by atoms with Crippen molar-refractivity contribution in [1.29, 1.82) is 0 Å². The van der Waals surface area contributed by atoms with Gasteiger partial charge in [-0.15, -0.1) is 0 Å². The van der Waals surface area contributed by atoms with E-state index in [2.05, 4.69) is 10.3 Å². The number of amides is 1. The number of carbonyl (C=O) groups is 1. The van der Waals surface area contributed by atoms with Gasteiger partial charge in [-0.2, -0.15) is 0 Å². The Hall–Kier alpha value is -1.78. The quantitative estimate of drug-likeness (QED) is 0.798. The average molecular weight is 236 g/mol. The van der Waals surface area contributed by atoms with Gasteiger partial charge in [0.15, 0.2) is 5.82 Å². The van der Waals surface area contributed by atoms with E-state index in [4.69, 9.17) is 5.73 Å². The van der Waals surface area contributed by atoms with Crippen LogP contribution in [0.1, 0.15) is 18.9 Å². The predicted octanol–water partition coefficient (Wildman–Crippen LogP) is 0.935. The lowest BCUT2D eigenvalue weighted by atomic mass is 10.3. The molecule has 0 aliphatic heterocycles. The van der Waals surface area contributed by atoms with Crippen LogP contribution in [0.5, 0.6) is 0 Å². The van der Waals surface area contributed by atoms with Crippen molar-refractivity contribution in [3.63, 3.8) is 0 Å². The van der Waals surface area contributed by atoms with E-state index in [0.717, 1.165) is 12.0 Å². The van der Waals surface area contributed by atoms with Gasteiger partial charge in [0, 0.05) is 19.8 Å². The number of likely N-dealkylation sites (N-methyl/N-ethyl adjacent to an activating group) is 1. The van der Waals surface area contributed by atoms with Crippen LogP contribution in [0.25, 0.3) is 0 Å². The molecule has 0 atom stereocenters. The SMILES string of the molecule is CCCNC(=O)CN(C)c1ncc(C)cc1N. The number of rotatable bonds is 5. The number of hydrogen-bond donors (Lipinski definition) is 2. The van der Waals surface area contributed by atoms with Crippen molar-refractivity contribution in [1.82, 2.24) is 10.3 Å². The summed E-state index contributed by atoms with van der Waals surface area (Å²) < 4.78 is 0. The van der Waals surface area contributed by atoms with Crippen molar-refractivity contribution in [2.24, 2.45) is 0 Å². The van der Waals surface area contributed by atoms with Crippen molar-refractivity contribution in [2.45, 2.75) is 20.3 Å². The molecule has 3 N–H and O–H groups in total. The van der Waals surface area contributed by atoms with Crippen LogP contribution in [0, 0.1) is 6.92 Å². The first kappa shape index (κ1) is 13.3. The lowest BCUT2D eigenvalue weighted by Crippen LogP contribution is -2.36. The van der Waals surface area contributed by atoms with Gasteiger partial charge in [0.2, 0.25) is 5.91 Å². The zero-order valence-electron chi connectivity index (χ0n) is 10.7. The molecular weight excluding hydrogens is 216 g/mol. The van der Waals surface area contributed by atoms with E-state index in [1.54, 1.807) is 18.1 Å². The average Bonchev–Trinajstić information content (AvgIpc) is 2.26. The van der Waals surface area contributed by atoms with Crippen molar-refractivity contribution in [2.75, 3.05) is 30.8 Å². The number of carbonyl (C=O) groups excluding carboxylic acids is 1. The van der Waals surface area contributed by atoms with Gasteiger partial charge in [-0.25, -0.2) is 4.98 Å². The third kappa shape index (κ3) is 3.94. The number of nitrogens with zero attached hydrogens (tertiary/aromatic N) is 2. The highest BCUT2D eigenvalue weighted by molar-refractivity contribution is 5.82. The van der Waals surface area contributed by atoms with Crippen LogP contribution >= 0.6 is 0 Å². The number of aryl methyl sites for hydroxylation is 1. The van der Waals surface area contributed by atoms with Crippen molar-refractivity contribution < 1.29 is 4.79 Å². The van der Waals surface area contributed by atoms with Crippen LogP contribution < -0.4 is 16.0 Å². The van der Waals surface area contributed by atoms with Crippen LogP contribution in [0.3, 0.4) is 0 Å². The van der Waals surface area contributed by atoms with Gasteiger partial charge < -0.3 is 16.0 Å². The Morgan fingerprint density at radius 1 is 1.59 bits per heavy atom. The Balaban J connectivity index is 2.63. The molecule has 0 saturated heterocycles. The minimum atomic E-state index is -0.0175. The molecule has 0 aliphatic rings. The highest BCUT2D eigenvalue weighted by atomic mass is 16.2. The lowest BCUT2D eigenvalue weighted by molar-refractivity contribution is -0.119. The zero-order chi connectivity index (χ0) is 12.8. The highest BCUT2D eigenvalue weighted by Crippen LogP contribution is 2.19. The monoisotopic (exact) mass is 236 g/mol. The van der Waals surface area contributed by atoms with E-state index in [0.29, 0.717) is 18.1 Å². The van der Waals surface area contributed by atoms with E-state index in [-0.39, 0.29) is 12.5 Å². The number of nitrogen functional groups attached to an aromatic ring is 1. The third-order valence-corrected chi connectivity index (χ3v) is 2.35. The summed E-state index contributed by atoms with van der Waals surface area (Å²) >= 11 is 0.